The summed E-state index contributed by atoms with van der Waals surface area (Å²) >= 11 is 1.40. The molecule has 0 radical (unpaired) electrons. The molecule has 0 amide bonds. The Balaban J connectivity index is 2.15. The lowest BCUT2D eigenvalue weighted by molar-refractivity contribution is 0.0697. The first-order chi connectivity index (χ1) is 8.20. The molecule has 2 aromatic rings. The van der Waals surface area contributed by atoms with E-state index >= 15 is 0 Å². The SMILES string of the molecule is COCCn1cc(-c2cc(C(=O)O)cs2)cn1. The summed E-state index contributed by atoms with van der Waals surface area (Å²) in [4.78, 5) is 11.7. The summed E-state index contributed by atoms with van der Waals surface area (Å²) in [5.41, 5.74) is 1.24. The van der Waals surface area contributed by atoms with Crippen molar-refractivity contribution >= 4 is 17.3 Å². The average Bonchev–Trinajstić information content (AvgIpc) is 2.94. The van der Waals surface area contributed by atoms with Crippen LogP contribution in [0.25, 0.3) is 10.4 Å². The number of carbonyl (C=O) groups is 1. The van der Waals surface area contributed by atoms with Crippen molar-refractivity contribution in [1.82, 2.24) is 9.78 Å². The Kier molecular flexibility index (Phi) is 3.55. The van der Waals surface area contributed by atoms with Crippen molar-refractivity contribution < 1.29 is 14.6 Å². The van der Waals surface area contributed by atoms with Crippen LogP contribution in [0.4, 0.5) is 0 Å². The van der Waals surface area contributed by atoms with E-state index in [1.54, 1.807) is 29.4 Å². The van der Waals surface area contributed by atoms with E-state index in [4.69, 9.17) is 9.84 Å². The molecular formula is C11H12N2O3S. The zero-order valence-electron chi connectivity index (χ0n) is 9.29. The van der Waals surface area contributed by atoms with Gasteiger partial charge in [0.15, 0.2) is 0 Å². The maximum absolute atomic E-state index is 10.8. The highest BCUT2D eigenvalue weighted by Gasteiger charge is 2.09. The molecule has 2 rings (SSSR count). The van der Waals surface area contributed by atoms with Crippen LogP contribution in [0.2, 0.25) is 0 Å². The predicted octanol–water partition coefficient (Wildman–Crippen LogP) is 1.96. The van der Waals surface area contributed by atoms with Crippen LogP contribution in [0.1, 0.15) is 10.4 Å². The molecule has 0 spiro atoms. The highest BCUT2D eigenvalue weighted by molar-refractivity contribution is 7.13. The lowest BCUT2D eigenvalue weighted by Crippen LogP contribution is -2.03. The minimum Gasteiger partial charge on any atom is -0.478 e. The Morgan fingerprint density at radius 1 is 1.65 bits per heavy atom. The minimum absolute atomic E-state index is 0.314. The molecule has 17 heavy (non-hydrogen) atoms. The van der Waals surface area contributed by atoms with Gasteiger partial charge in [-0.05, 0) is 6.07 Å². The third kappa shape index (κ3) is 2.72. The first-order valence-electron chi connectivity index (χ1n) is 5.04. The van der Waals surface area contributed by atoms with E-state index in [1.807, 2.05) is 6.20 Å². The highest BCUT2D eigenvalue weighted by atomic mass is 32.1. The van der Waals surface area contributed by atoms with Crippen LogP contribution in [-0.4, -0.2) is 34.6 Å². The molecule has 0 aliphatic rings. The number of aromatic carboxylic acids is 1. The fourth-order valence-corrected chi connectivity index (χ4v) is 2.26. The van der Waals surface area contributed by atoms with Gasteiger partial charge in [-0.1, -0.05) is 0 Å². The van der Waals surface area contributed by atoms with Crippen LogP contribution in [0.3, 0.4) is 0 Å². The molecule has 90 valence electrons. The number of methoxy groups -OCH3 is 1. The van der Waals surface area contributed by atoms with E-state index in [0.29, 0.717) is 18.7 Å². The Morgan fingerprint density at radius 2 is 2.47 bits per heavy atom. The molecule has 0 fully saturated rings. The van der Waals surface area contributed by atoms with Gasteiger partial charge in [0.05, 0.1) is 24.9 Å². The van der Waals surface area contributed by atoms with Crippen molar-refractivity contribution in [2.75, 3.05) is 13.7 Å². The summed E-state index contributed by atoms with van der Waals surface area (Å²) in [6.07, 6.45) is 3.61. The van der Waals surface area contributed by atoms with Crippen molar-refractivity contribution in [1.29, 1.82) is 0 Å². The summed E-state index contributed by atoms with van der Waals surface area (Å²) in [7, 11) is 1.64. The fraction of sp³-hybridized carbons (Fsp3) is 0.273. The third-order valence-electron chi connectivity index (χ3n) is 2.29. The van der Waals surface area contributed by atoms with Crippen molar-refractivity contribution in [3.63, 3.8) is 0 Å². The van der Waals surface area contributed by atoms with Crippen LogP contribution in [0.5, 0.6) is 0 Å². The predicted molar refractivity (Wildman–Crippen MR) is 64.4 cm³/mol. The van der Waals surface area contributed by atoms with Crippen molar-refractivity contribution in [2.24, 2.45) is 0 Å². The van der Waals surface area contributed by atoms with E-state index < -0.39 is 5.97 Å². The Hall–Kier alpha value is -1.66. The van der Waals surface area contributed by atoms with Gasteiger partial charge in [0.2, 0.25) is 0 Å². The van der Waals surface area contributed by atoms with Crippen molar-refractivity contribution in [3.8, 4) is 10.4 Å². The molecular weight excluding hydrogens is 240 g/mol. The zero-order chi connectivity index (χ0) is 12.3. The standard InChI is InChI=1S/C11H12N2O3S/c1-16-3-2-13-6-9(5-12-13)10-4-8(7-17-10)11(14)15/h4-7H,2-3H2,1H3,(H,14,15). The second kappa shape index (κ2) is 5.11. The van der Waals surface area contributed by atoms with Gasteiger partial charge in [-0.15, -0.1) is 11.3 Å². The molecule has 0 saturated carbocycles. The van der Waals surface area contributed by atoms with Crippen LogP contribution in [-0.2, 0) is 11.3 Å². The largest absolute Gasteiger partial charge is 0.478 e. The highest BCUT2D eigenvalue weighted by Crippen LogP contribution is 2.26. The minimum atomic E-state index is -0.903. The molecule has 0 saturated heterocycles. The number of nitrogens with zero attached hydrogens (tertiary/aromatic N) is 2. The summed E-state index contributed by atoms with van der Waals surface area (Å²) < 4.78 is 6.74. The van der Waals surface area contributed by atoms with Crippen LogP contribution < -0.4 is 0 Å². The van der Waals surface area contributed by atoms with Gasteiger partial charge in [0.25, 0.3) is 0 Å². The Morgan fingerprint density at radius 3 is 3.12 bits per heavy atom. The first-order valence-corrected chi connectivity index (χ1v) is 5.92. The normalized spacial score (nSPS) is 10.6. The average molecular weight is 252 g/mol. The van der Waals surface area contributed by atoms with Crippen LogP contribution in [0.15, 0.2) is 23.8 Å². The topological polar surface area (TPSA) is 64.3 Å². The number of hydrogen-bond donors (Lipinski definition) is 1. The van der Waals surface area contributed by atoms with Gasteiger partial charge in [0, 0.05) is 29.1 Å². The quantitative estimate of drug-likeness (QED) is 0.883. The fourth-order valence-electron chi connectivity index (χ4n) is 1.40. The van der Waals surface area contributed by atoms with Crippen LogP contribution in [0, 0.1) is 0 Å². The van der Waals surface area contributed by atoms with Gasteiger partial charge in [-0.2, -0.15) is 5.10 Å². The molecule has 0 aromatic carbocycles. The number of carboxylic acids is 1. The molecule has 0 atom stereocenters. The molecule has 0 unspecified atom stereocenters. The Labute approximate surface area is 102 Å². The smallest absolute Gasteiger partial charge is 0.336 e. The van der Waals surface area contributed by atoms with E-state index in [2.05, 4.69) is 5.10 Å². The Bertz CT molecular complexity index is 518. The molecule has 2 heterocycles. The maximum atomic E-state index is 10.8. The summed E-state index contributed by atoms with van der Waals surface area (Å²) in [5.74, 6) is -0.903. The molecule has 0 aliphatic carbocycles. The van der Waals surface area contributed by atoms with Gasteiger partial charge in [-0.3, -0.25) is 4.68 Å². The first kappa shape index (κ1) is 11.8. The van der Waals surface area contributed by atoms with E-state index in [0.717, 1.165) is 10.4 Å². The molecule has 0 aliphatic heterocycles. The number of thiophene rings is 1. The lowest BCUT2D eigenvalue weighted by atomic mass is 10.2. The number of ether oxygens (including phenoxy) is 1. The molecule has 5 nitrogen and oxygen atoms in total. The van der Waals surface area contributed by atoms with E-state index in [9.17, 15) is 4.79 Å². The summed E-state index contributed by atoms with van der Waals surface area (Å²) in [6, 6.07) is 1.66. The number of carboxylic acid groups (broad SMARTS) is 1. The summed E-state index contributed by atoms with van der Waals surface area (Å²) in [5, 5.41) is 14.6. The van der Waals surface area contributed by atoms with E-state index in [-0.39, 0.29) is 0 Å². The summed E-state index contributed by atoms with van der Waals surface area (Å²) in [6.45, 7) is 1.29. The second-order valence-electron chi connectivity index (χ2n) is 3.49. The maximum Gasteiger partial charge on any atom is 0.336 e. The van der Waals surface area contributed by atoms with Gasteiger partial charge in [0.1, 0.15) is 0 Å². The van der Waals surface area contributed by atoms with Crippen molar-refractivity contribution in [2.45, 2.75) is 6.54 Å². The molecule has 1 N–H and O–H groups in total. The number of rotatable bonds is 5. The number of aromatic nitrogens is 2. The monoisotopic (exact) mass is 252 g/mol. The lowest BCUT2D eigenvalue weighted by Gasteiger charge is -1.97. The van der Waals surface area contributed by atoms with Crippen LogP contribution >= 0.6 is 11.3 Å². The molecule has 2 aromatic heterocycles. The van der Waals surface area contributed by atoms with Gasteiger partial charge >= 0.3 is 5.97 Å². The van der Waals surface area contributed by atoms with Gasteiger partial charge in [-0.25, -0.2) is 4.79 Å². The zero-order valence-corrected chi connectivity index (χ0v) is 10.1. The van der Waals surface area contributed by atoms with E-state index in [1.165, 1.54) is 11.3 Å². The molecule has 6 heteroatoms. The number of hydrogen-bond acceptors (Lipinski definition) is 4. The molecule has 0 bridgehead atoms. The van der Waals surface area contributed by atoms with Crippen molar-refractivity contribution in [3.05, 3.63) is 29.4 Å². The second-order valence-corrected chi connectivity index (χ2v) is 4.40. The third-order valence-corrected chi connectivity index (χ3v) is 3.27. The van der Waals surface area contributed by atoms with Gasteiger partial charge < -0.3 is 9.84 Å².